The molecule has 1 nitrogen and oxygen atoms in total. The van der Waals surface area contributed by atoms with Gasteiger partial charge in [0.15, 0.2) is 0 Å². The fraction of sp³-hybridized carbons (Fsp3) is 0.720. The van der Waals surface area contributed by atoms with E-state index in [1.54, 1.807) is 0 Å². The Morgan fingerprint density at radius 1 is 0.808 bits per heavy atom. The van der Waals surface area contributed by atoms with E-state index in [9.17, 15) is 4.79 Å². The van der Waals surface area contributed by atoms with Gasteiger partial charge in [0, 0.05) is 0 Å². The zero-order valence-electron chi connectivity index (χ0n) is 17.6. The number of hydrogen-bond acceptors (Lipinski definition) is 1. The molecule has 26 heavy (non-hydrogen) atoms. The van der Waals surface area contributed by atoms with Crippen molar-refractivity contribution in [3.8, 4) is 0 Å². The molecule has 0 saturated heterocycles. The van der Waals surface area contributed by atoms with E-state index >= 15 is 0 Å². The van der Waals surface area contributed by atoms with Crippen molar-refractivity contribution < 1.29 is 4.79 Å². The fourth-order valence-corrected chi connectivity index (χ4v) is 4.18. The molecule has 0 aliphatic carbocycles. The van der Waals surface area contributed by atoms with E-state index in [0.717, 1.165) is 12.8 Å². The molecule has 1 aromatic rings. The van der Waals surface area contributed by atoms with Crippen LogP contribution in [0.1, 0.15) is 110 Å². The van der Waals surface area contributed by atoms with Crippen LogP contribution in [-0.2, 0) is 10.2 Å². The summed E-state index contributed by atoms with van der Waals surface area (Å²) in [6.07, 6.45) is 18.6. The smallest absolute Gasteiger partial charge is 0.130 e. The third-order valence-electron chi connectivity index (χ3n) is 6.14. The van der Waals surface area contributed by atoms with Gasteiger partial charge in [-0.15, -0.1) is 0 Å². The molecular weight excluding hydrogens is 316 g/mol. The maximum absolute atomic E-state index is 11.9. The van der Waals surface area contributed by atoms with E-state index < -0.39 is 0 Å². The summed E-state index contributed by atoms with van der Waals surface area (Å²) in [6.45, 7) is 6.64. The highest BCUT2D eigenvalue weighted by Crippen LogP contribution is 2.35. The van der Waals surface area contributed by atoms with E-state index in [1.807, 2.05) is 18.2 Å². The molecule has 0 saturated carbocycles. The first-order chi connectivity index (χ1) is 12.7. The largest absolute Gasteiger partial charge is 0.302 e. The molecule has 0 fully saturated rings. The van der Waals surface area contributed by atoms with Gasteiger partial charge in [-0.25, -0.2) is 0 Å². The summed E-state index contributed by atoms with van der Waals surface area (Å²) in [5.74, 6) is 0.445. The van der Waals surface area contributed by atoms with Crippen LogP contribution in [-0.4, -0.2) is 6.29 Å². The van der Waals surface area contributed by atoms with E-state index in [1.165, 1.54) is 82.5 Å². The number of carbonyl (C=O) groups excluding carboxylic acids is 1. The number of hydrogen-bond donors (Lipinski definition) is 0. The highest BCUT2D eigenvalue weighted by molar-refractivity contribution is 5.68. The van der Waals surface area contributed by atoms with Gasteiger partial charge in [-0.2, -0.15) is 0 Å². The first kappa shape index (κ1) is 22.9. The van der Waals surface area contributed by atoms with Crippen molar-refractivity contribution in [3.05, 3.63) is 35.9 Å². The predicted molar refractivity (Wildman–Crippen MR) is 115 cm³/mol. The van der Waals surface area contributed by atoms with Crippen molar-refractivity contribution >= 4 is 6.29 Å². The zero-order chi connectivity index (χ0) is 19.1. The van der Waals surface area contributed by atoms with Crippen LogP contribution in [0, 0.1) is 5.92 Å². The maximum atomic E-state index is 11.9. The summed E-state index contributed by atoms with van der Waals surface area (Å²) in [7, 11) is 0. The summed E-state index contributed by atoms with van der Waals surface area (Å²) >= 11 is 0. The van der Waals surface area contributed by atoms with Crippen LogP contribution >= 0.6 is 0 Å². The minimum absolute atomic E-state index is 0.339. The SMILES string of the molecule is CCCCCCCCCCCCCC(CC)C(C)(C=O)c1ccccc1. The van der Waals surface area contributed by atoms with E-state index in [4.69, 9.17) is 0 Å². The lowest BCUT2D eigenvalue weighted by Crippen LogP contribution is -2.33. The minimum atomic E-state index is -0.339. The van der Waals surface area contributed by atoms with Crippen LogP contribution in [0.4, 0.5) is 0 Å². The monoisotopic (exact) mass is 358 g/mol. The van der Waals surface area contributed by atoms with E-state index in [2.05, 4.69) is 32.9 Å². The zero-order valence-corrected chi connectivity index (χ0v) is 17.6. The van der Waals surface area contributed by atoms with Crippen molar-refractivity contribution in [1.29, 1.82) is 0 Å². The molecule has 0 radical (unpaired) electrons. The van der Waals surface area contributed by atoms with Gasteiger partial charge in [0.25, 0.3) is 0 Å². The molecule has 2 atom stereocenters. The first-order valence-corrected chi connectivity index (χ1v) is 11.2. The van der Waals surface area contributed by atoms with Gasteiger partial charge in [-0.3, -0.25) is 0 Å². The standard InChI is InChI=1S/C25H42O/c1-4-6-7-8-9-10-11-12-13-14-16-19-23(5-2)25(3,22-26)24-20-17-15-18-21-24/h15,17-18,20-23H,4-14,16,19H2,1-3H3. The Morgan fingerprint density at radius 3 is 1.77 bits per heavy atom. The van der Waals surface area contributed by atoms with Gasteiger partial charge >= 0.3 is 0 Å². The normalized spacial score (nSPS) is 14.7. The summed E-state index contributed by atoms with van der Waals surface area (Å²) in [5.41, 5.74) is 0.832. The van der Waals surface area contributed by atoms with Gasteiger partial charge in [-0.05, 0) is 24.8 Å². The van der Waals surface area contributed by atoms with Gasteiger partial charge < -0.3 is 4.79 Å². The Labute approximate surface area is 163 Å². The number of aldehydes is 1. The van der Waals surface area contributed by atoms with Crippen molar-refractivity contribution in [2.45, 2.75) is 110 Å². The molecule has 0 N–H and O–H groups in total. The predicted octanol–water partition coefficient (Wildman–Crippen LogP) is 7.87. The summed E-state index contributed by atoms with van der Waals surface area (Å²) in [4.78, 5) is 11.9. The van der Waals surface area contributed by atoms with Crippen molar-refractivity contribution in [3.63, 3.8) is 0 Å². The average molecular weight is 359 g/mol. The van der Waals surface area contributed by atoms with Crippen molar-refractivity contribution in [1.82, 2.24) is 0 Å². The lowest BCUT2D eigenvalue weighted by Gasteiger charge is -2.33. The van der Waals surface area contributed by atoms with Crippen LogP contribution in [0.15, 0.2) is 30.3 Å². The summed E-state index contributed by atoms with van der Waals surface area (Å²) in [6, 6.07) is 10.3. The molecule has 0 aromatic heterocycles. The van der Waals surface area contributed by atoms with Gasteiger partial charge in [0.05, 0.1) is 5.41 Å². The number of carbonyl (C=O) groups is 1. The van der Waals surface area contributed by atoms with E-state index in [-0.39, 0.29) is 5.41 Å². The van der Waals surface area contributed by atoms with E-state index in [0.29, 0.717) is 5.92 Å². The summed E-state index contributed by atoms with van der Waals surface area (Å²) in [5, 5.41) is 0. The minimum Gasteiger partial charge on any atom is -0.302 e. The molecule has 148 valence electrons. The first-order valence-electron chi connectivity index (χ1n) is 11.2. The Morgan fingerprint density at radius 2 is 1.31 bits per heavy atom. The molecule has 0 bridgehead atoms. The van der Waals surface area contributed by atoms with Crippen LogP contribution in [0.25, 0.3) is 0 Å². The number of rotatable bonds is 16. The fourth-order valence-electron chi connectivity index (χ4n) is 4.18. The molecule has 0 heterocycles. The molecule has 0 spiro atoms. The molecule has 1 heteroatoms. The second-order valence-corrected chi connectivity index (χ2v) is 8.20. The maximum Gasteiger partial charge on any atom is 0.130 e. The quantitative estimate of drug-likeness (QED) is 0.217. The molecule has 0 amide bonds. The lowest BCUT2D eigenvalue weighted by atomic mass is 9.70. The van der Waals surface area contributed by atoms with Crippen molar-refractivity contribution in [2.75, 3.05) is 0 Å². The van der Waals surface area contributed by atoms with Crippen LogP contribution in [0.5, 0.6) is 0 Å². The molecule has 1 rings (SSSR count). The molecule has 0 aliphatic heterocycles. The molecule has 2 unspecified atom stereocenters. The second-order valence-electron chi connectivity index (χ2n) is 8.20. The number of benzene rings is 1. The highest BCUT2D eigenvalue weighted by Gasteiger charge is 2.34. The van der Waals surface area contributed by atoms with Gasteiger partial charge in [0.1, 0.15) is 6.29 Å². The van der Waals surface area contributed by atoms with Crippen LogP contribution in [0.3, 0.4) is 0 Å². The Balaban J connectivity index is 2.22. The third-order valence-corrected chi connectivity index (χ3v) is 6.14. The topological polar surface area (TPSA) is 17.1 Å². The number of unbranched alkanes of at least 4 members (excludes halogenated alkanes) is 10. The van der Waals surface area contributed by atoms with Gasteiger partial charge in [0.2, 0.25) is 0 Å². The molecular formula is C25H42O. The highest BCUT2D eigenvalue weighted by atomic mass is 16.1. The second kappa shape index (κ2) is 14.0. The third kappa shape index (κ3) is 8.06. The Bertz CT molecular complexity index is 452. The lowest BCUT2D eigenvalue weighted by molar-refractivity contribution is -0.114. The van der Waals surface area contributed by atoms with Crippen molar-refractivity contribution in [2.24, 2.45) is 5.92 Å². The molecule has 0 aliphatic rings. The van der Waals surface area contributed by atoms with Crippen LogP contribution in [0.2, 0.25) is 0 Å². The van der Waals surface area contributed by atoms with Crippen LogP contribution < -0.4 is 0 Å². The Kier molecular flexibility index (Phi) is 12.4. The summed E-state index contributed by atoms with van der Waals surface area (Å²) < 4.78 is 0. The Hall–Kier alpha value is -1.11. The van der Waals surface area contributed by atoms with Gasteiger partial charge in [-0.1, -0.05) is 121 Å². The molecule has 1 aromatic carbocycles. The average Bonchev–Trinajstić information content (AvgIpc) is 2.69.